The summed E-state index contributed by atoms with van der Waals surface area (Å²) < 4.78 is 25.2. The molecule has 0 amide bonds. The first-order valence-electron chi connectivity index (χ1n) is 8.99. The first-order chi connectivity index (χ1) is 14.1. The number of hydrogen-bond donors (Lipinski definition) is 1. The Morgan fingerprint density at radius 1 is 1.03 bits per heavy atom. The lowest BCUT2D eigenvalue weighted by Gasteiger charge is -2.11. The van der Waals surface area contributed by atoms with E-state index in [0.29, 0.717) is 22.1 Å². The van der Waals surface area contributed by atoms with E-state index in [-0.39, 0.29) is 19.0 Å². The molecule has 0 aliphatic heterocycles. The number of aromatic nitrogens is 2. The molecule has 0 atom stereocenters. The van der Waals surface area contributed by atoms with Crippen LogP contribution in [-0.2, 0) is 6.61 Å². The van der Waals surface area contributed by atoms with E-state index < -0.39 is 5.82 Å². The summed E-state index contributed by atoms with van der Waals surface area (Å²) in [6, 6.07) is 19.9. The maximum atomic E-state index is 13.9. The van der Waals surface area contributed by atoms with Crippen molar-refractivity contribution in [2.75, 3.05) is 7.11 Å². The molecule has 4 rings (SSSR count). The van der Waals surface area contributed by atoms with E-state index in [0.717, 1.165) is 22.6 Å². The highest BCUT2D eigenvalue weighted by atomic mass is 35.5. The van der Waals surface area contributed by atoms with Crippen LogP contribution in [0.15, 0.2) is 72.9 Å². The molecule has 1 N–H and O–H groups in total. The molecule has 0 bridgehead atoms. The largest absolute Gasteiger partial charge is 0.496 e. The van der Waals surface area contributed by atoms with Crippen LogP contribution in [0.2, 0.25) is 5.02 Å². The molecule has 0 fully saturated rings. The second-order valence-electron chi connectivity index (χ2n) is 6.40. The van der Waals surface area contributed by atoms with Gasteiger partial charge in [-0.3, -0.25) is 0 Å². The molecule has 30 heavy (non-hydrogen) atoms. The fraction of sp³-hybridized carbons (Fsp3) is 0.0870. The van der Waals surface area contributed by atoms with E-state index >= 15 is 0 Å². The van der Waals surface area contributed by atoms with Crippen LogP contribution >= 0.6 is 24.0 Å². The summed E-state index contributed by atoms with van der Waals surface area (Å²) in [5.74, 6) is 1.58. The lowest BCUT2D eigenvalue weighted by atomic mass is 10.1. The van der Waals surface area contributed by atoms with Crippen LogP contribution in [0.25, 0.3) is 22.6 Å². The number of halogens is 3. The minimum Gasteiger partial charge on any atom is -0.496 e. The third-order valence-corrected chi connectivity index (χ3v) is 4.73. The monoisotopic (exact) mass is 444 g/mol. The first-order valence-corrected chi connectivity index (χ1v) is 9.37. The van der Waals surface area contributed by atoms with Crippen LogP contribution in [0.4, 0.5) is 4.39 Å². The lowest BCUT2D eigenvalue weighted by molar-refractivity contribution is 0.297. The molecule has 3 aromatic carbocycles. The van der Waals surface area contributed by atoms with E-state index in [1.54, 1.807) is 31.5 Å². The number of ether oxygens (including phenoxy) is 2. The Hall–Kier alpha value is -3.02. The molecule has 7 heteroatoms. The van der Waals surface area contributed by atoms with Gasteiger partial charge in [0.15, 0.2) is 0 Å². The molecule has 4 aromatic rings. The van der Waals surface area contributed by atoms with Gasteiger partial charge in [-0.15, -0.1) is 12.4 Å². The van der Waals surface area contributed by atoms with Gasteiger partial charge in [-0.25, -0.2) is 9.37 Å². The predicted octanol–water partition coefficient (Wildman–Crippen LogP) is 6.55. The topological polar surface area (TPSA) is 47.1 Å². The summed E-state index contributed by atoms with van der Waals surface area (Å²) in [5, 5.41) is 0.353. The standard InChI is InChI=1S/C23H18ClFN2O2.ClH/c1-28-22-12-18(29-14-16-7-8-17(24)11-20(16)25)9-10-19(22)21-13-26-23(27-21)15-5-3-2-4-6-15;/h2-13H,14H2,1H3,(H,26,27);1H. The van der Waals surface area contributed by atoms with Gasteiger partial charge < -0.3 is 14.5 Å². The van der Waals surface area contributed by atoms with Crippen LogP contribution < -0.4 is 9.47 Å². The maximum Gasteiger partial charge on any atom is 0.137 e. The second-order valence-corrected chi connectivity index (χ2v) is 6.83. The van der Waals surface area contributed by atoms with E-state index in [4.69, 9.17) is 21.1 Å². The van der Waals surface area contributed by atoms with Gasteiger partial charge in [-0.1, -0.05) is 48.0 Å². The van der Waals surface area contributed by atoms with Gasteiger partial charge in [0.05, 0.1) is 19.0 Å². The average Bonchev–Trinajstić information content (AvgIpc) is 3.23. The zero-order valence-electron chi connectivity index (χ0n) is 16.1. The smallest absolute Gasteiger partial charge is 0.137 e. The van der Waals surface area contributed by atoms with Crippen molar-refractivity contribution in [2.45, 2.75) is 6.61 Å². The molecule has 0 saturated carbocycles. The van der Waals surface area contributed by atoms with E-state index in [9.17, 15) is 4.39 Å². The highest BCUT2D eigenvalue weighted by molar-refractivity contribution is 6.30. The van der Waals surface area contributed by atoms with Gasteiger partial charge in [0, 0.05) is 27.8 Å². The number of aromatic amines is 1. The zero-order chi connectivity index (χ0) is 20.2. The van der Waals surface area contributed by atoms with Crippen molar-refractivity contribution in [3.63, 3.8) is 0 Å². The first kappa shape index (κ1) is 21.7. The summed E-state index contributed by atoms with van der Waals surface area (Å²) in [4.78, 5) is 7.78. The number of rotatable bonds is 6. The number of benzene rings is 3. The normalized spacial score (nSPS) is 10.4. The number of hydrogen-bond acceptors (Lipinski definition) is 3. The molecular weight excluding hydrogens is 426 g/mol. The minimum atomic E-state index is -0.396. The zero-order valence-corrected chi connectivity index (χ0v) is 17.6. The summed E-state index contributed by atoms with van der Waals surface area (Å²) in [6.45, 7) is 0.0910. The van der Waals surface area contributed by atoms with Crippen LogP contribution in [0.5, 0.6) is 11.5 Å². The molecule has 0 aliphatic rings. The van der Waals surface area contributed by atoms with Gasteiger partial charge in [0.25, 0.3) is 0 Å². The molecule has 0 spiro atoms. The number of nitrogens with zero attached hydrogens (tertiary/aromatic N) is 1. The Morgan fingerprint density at radius 2 is 1.83 bits per heavy atom. The molecule has 0 radical (unpaired) electrons. The van der Waals surface area contributed by atoms with Crippen LogP contribution in [0.3, 0.4) is 0 Å². The minimum absolute atomic E-state index is 0. The second kappa shape index (κ2) is 9.65. The van der Waals surface area contributed by atoms with Crippen LogP contribution in [0, 0.1) is 5.82 Å². The summed E-state index contributed by atoms with van der Waals surface area (Å²) in [5.41, 5.74) is 3.12. The molecule has 0 aliphatic carbocycles. The van der Waals surface area contributed by atoms with E-state index in [2.05, 4.69) is 9.97 Å². The number of methoxy groups -OCH3 is 1. The number of H-pyrrole nitrogens is 1. The van der Waals surface area contributed by atoms with Crippen molar-refractivity contribution in [1.29, 1.82) is 0 Å². The summed E-state index contributed by atoms with van der Waals surface area (Å²) in [6.07, 6.45) is 1.77. The Balaban J connectivity index is 0.00000256. The quantitative estimate of drug-likeness (QED) is 0.366. The maximum absolute atomic E-state index is 13.9. The van der Waals surface area contributed by atoms with Crippen LogP contribution in [-0.4, -0.2) is 17.1 Å². The van der Waals surface area contributed by atoms with Crippen molar-refractivity contribution in [2.24, 2.45) is 0 Å². The molecule has 1 aromatic heterocycles. The third kappa shape index (κ3) is 4.75. The fourth-order valence-corrected chi connectivity index (χ4v) is 3.14. The molecular formula is C23H19Cl2FN2O2. The molecule has 0 unspecified atom stereocenters. The third-order valence-electron chi connectivity index (χ3n) is 4.50. The van der Waals surface area contributed by atoms with Crippen molar-refractivity contribution in [1.82, 2.24) is 9.97 Å². The summed E-state index contributed by atoms with van der Waals surface area (Å²) >= 11 is 5.78. The number of nitrogens with one attached hydrogen (secondary N) is 1. The Morgan fingerprint density at radius 3 is 2.57 bits per heavy atom. The average molecular weight is 445 g/mol. The SMILES string of the molecule is COc1cc(OCc2ccc(Cl)cc2F)ccc1-c1cnc(-c2ccccc2)[nH]1.Cl. The molecule has 154 valence electrons. The lowest BCUT2D eigenvalue weighted by Crippen LogP contribution is -1.99. The molecule has 4 nitrogen and oxygen atoms in total. The van der Waals surface area contributed by atoms with Crippen molar-refractivity contribution < 1.29 is 13.9 Å². The van der Waals surface area contributed by atoms with Crippen molar-refractivity contribution in [3.8, 4) is 34.1 Å². The van der Waals surface area contributed by atoms with Gasteiger partial charge in [0.1, 0.15) is 29.7 Å². The van der Waals surface area contributed by atoms with Gasteiger partial charge >= 0.3 is 0 Å². The highest BCUT2D eigenvalue weighted by Crippen LogP contribution is 2.33. The summed E-state index contributed by atoms with van der Waals surface area (Å²) in [7, 11) is 1.59. The molecule has 0 saturated heterocycles. The van der Waals surface area contributed by atoms with Gasteiger partial charge in [-0.05, 0) is 24.3 Å². The van der Waals surface area contributed by atoms with Crippen LogP contribution in [0.1, 0.15) is 5.56 Å². The Bertz CT molecular complexity index is 1130. The van der Waals surface area contributed by atoms with Crippen molar-refractivity contribution >= 4 is 24.0 Å². The van der Waals surface area contributed by atoms with E-state index in [1.807, 2.05) is 42.5 Å². The highest BCUT2D eigenvalue weighted by Gasteiger charge is 2.12. The fourth-order valence-electron chi connectivity index (χ4n) is 2.98. The van der Waals surface area contributed by atoms with Gasteiger partial charge in [0.2, 0.25) is 0 Å². The van der Waals surface area contributed by atoms with Crippen molar-refractivity contribution in [3.05, 3.63) is 89.3 Å². The van der Waals surface area contributed by atoms with Gasteiger partial charge in [-0.2, -0.15) is 0 Å². The van der Waals surface area contributed by atoms with E-state index in [1.165, 1.54) is 6.07 Å². The predicted molar refractivity (Wildman–Crippen MR) is 119 cm³/mol. The number of imidazole rings is 1. The Kier molecular flexibility index (Phi) is 6.98. The molecule has 1 heterocycles. The Labute approximate surface area is 185 Å².